The third kappa shape index (κ3) is 4.86. The molecular formula is C24H31ClN2. The Balaban J connectivity index is 1.50. The monoisotopic (exact) mass is 382 g/mol. The molecule has 1 saturated carbocycles. The summed E-state index contributed by atoms with van der Waals surface area (Å²) in [5.41, 5.74) is 2.81. The van der Waals surface area contributed by atoms with Gasteiger partial charge in [-0.05, 0) is 74.0 Å². The smallest absolute Gasteiger partial charge is 0.0407 e. The number of hydrogen-bond acceptors (Lipinski definition) is 2. The predicted octanol–water partition coefficient (Wildman–Crippen LogP) is 5.56. The maximum atomic E-state index is 6.16. The molecule has 3 heteroatoms. The minimum absolute atomic E-state index is 0.679. The number of anilines is 1. The van der Waals surface area contributed by atoms with Crippen LogP contribution >= 0.6 is 11.6 Å². The molecule has 1 heterocycles. The number of nitrogens with one attached hydrogen (secondary N) is 1. The van der Waals surface area contributed by atoms with Crippen LogP contribution in [-0.4, -0.2) is 25.7 Å². The fraction of sp³-hybridized carbons (Fsp3) is 0.500. The lowest BCUT2D eigenvalue weighted by Gasteiger charge is -2.39. The van der Waals surface area contributed by atoms with Gasteiger partial charge >= 0.3 is 0 Å². The molecule has 1 aliphatic heterocycles. The van der Waals surface area contributed by atoms with Gasteiger partial charge in [0.15, 0.2) is 0 Å². The fourth-order valence-electron chi connectivity index (χ4n) is 4.90. The average Bonchev–Trinajstić information content (AvgIpc) is 3.15. The molecule has 2 fully saturated rings. The Hall–Kier alpha value is -1.51. The highest BCUT2D eigenvalue weighted by Crippen LogP contribution is 2.31. The summed E-state index contributed by atoms with van der Waals surface area (Å²) in [6.45, 7) is 3.42. The van der Waals surface area contributed by atoms with Crippen molar-refractivity contribution >= 4 is 17.3 Å². The molecule has 144 valence electrons. The van der Waals surface area contributed by atoms with E-state index >= 15 is 0 Å². The largest absolute Gasteiger partial charge is 0.368 e. The zero-order valence-electron chi connectivity index (χ0n) is 16.1. The molecule has 0 spiro atoms. The van der Waals surface area contributed by atoms with Gasteiger partial charge in [-0.25, -0.2) is 0 Å². The molecule has 2 aromatic rings. The molecule has 4 rings (SSSR count). The van der Waals surface area contributed by atoms with Crippen LogP contribution in [0.3, 0.4) is 0 Å². The van der Waals surface area contributed by atoms with E-state index in [2.05, 4.69) is 52.7 Å². The number of nitrogens with zero attached hydrogens (tertiary/aromatic N) is 1. The van der Waals surface area contributed by atoms with Crippen molar-refractivity contribution in [1.82, 2.24) is 5.32 Å². The third-order valence-corrected chi connectivity index (χ3v) is 6.68. The van der Waals surface area contributed by atoms with Crippen molar-refractivity contribution in [3.63, 3.8) is 0 Å². The van der Waals surface area contributed by atoms with Gasteiger partial charge in [0.2, 0.25) is 0 Å². The van der Waals surface area contributed by atoms with Crippen LogP contribution in [0, 0.1) is 11.8 Å². The summed E-state index contributed by atoms with van der Waals surface area (Å²) in [4.78, 5) is 2.70. The second-order valence-electron chi connectivity index (χ2n) is 8.29. The summed E-state index contributed by atoms with van der Waals surface area (Å²) >= 11 is 6.16. The molecule has 0 radical (unpaired) electrons. The van der Waals surface area contributed by atoms with E-state index in [0.717, 1.165) is 24.7 Å². The first-order valence-corrected chi connectivity index (χ1v) is 10.9. The van der Waals surface area contributed by atoms with Crippen LogP contribution in [-0.2, 0) is 6.42 Å². The summed E-state index contributed by atoms with van der Waals surface area (Å²) in [7, 11) is 0. The van der Waals surface area contributed by atoms with Crippen LogP contribution in [0.1, 0.15) is 37.7 Å². The Bertz CT molecular complexity index is 694. The van der Waals surface area contributed by atoms with E-state index in [1.165, 1.54) is 49.8 Å². The molecular weight excluding hydrogens is 352 g/mol. The topological polar surface area (TPSA) is 15.3 Å². The van der Waals surface area contributed by atoms with Gasteiger partial charge < -0.3 is 10.2 Å². The Morgan fingerprint density at radius 2 is 1.56 bits per heavy atom. The number of halogens is 1. The van der Waals surface area contributed by atoms with Gasteiger partial charge in [-0.15, -0.1) is 0 Å². The van der Waals surface area contributed by atoms with E-state index in [1.807, 2.05) is 12.1 Å². The van der Waals surface area contributed by atoms with Crippen LogP contribution in [0.25, 0.3) is 0 Å². The van der Waals surface area contributed by atoms with Gasteiger partial charge in [0.1, 0.15) is 0 Å². The second kappa shape index (κ2) is 9.12. The normalized spacial score (nSPS) is 23.4. The van der Waals surface area contributed by atoms with Crippen molar-refractivity contribution in [3.8, 4) is 0 Å². The molecule has 0 amide bonds. The minimum Gasteiger partial charge on any atom is -0.368 e. The molecule has 0 bridgehead atoms. The first-order chi connectivity index (χ1) is 13.3. The van der Waals surface area contributed by atoms with E-state index < -0.39 is 0 Å². The molecule has 2 nitrogen and oxygen atoms in total. The molecule has 1 aliphatic carbocycles. The minimum atomic E-state index is 0.679. The third-order valence-electron chi connectivity index (χ3n) is 6.43. The van der Waals surface area contributed by atoms with Crippen LogP contribution in [0.15, 0.2) is 54.6 Å². The van der Waals surface area contributed by atoms with Crippen molar-refractivity contribution in [3.05, 3.63) is 65.2 Å². The van der Waals surface area contributed by atoms with Gasteiger partial charge in [0, 0.05) is 23.3 Å². The molecule has 27 heavy (non-hydrogen) atoms. The highest BCUT2D eigenvalue weighted by atomic mass is 35.5. The first kappa shape index (κ1) is 18.8. The van der Waals surface area contributed by atoms with Crippen molar-refractivity contribution in [2.24, 2.45) is 11.8 Å². The Morgan fingerprint density at radius 1 is 0.852 bits per heavy atom. The van der Waals surface area contributed by atoms with Crippen molar-refractivity contribution < 1.29 is 0 Å². The van der Waals surface area contributed by atoms with Crippen LogP contribution in [0.4, 0.5) is 5.69 Å². The average molecular weight is 383 g/mol. The van der Waals surface area contributed by atoms with E-state index in [9.17, 15) is 0 Å². The number of hydrogen-bond donors (Lipinski definition) is 1. The maximum Gasteiger partial charge on any atom is 0.0407 e. The Morgan fingerprint density at radius 3 is 2.30 bits per heavy atom. The van der Waals surface area contributed by atoms with Crippen molar-refractivity contribution in [2.75, 3.05) is 24.5 Å². The van der Waals surface area contributed by atoms with Gasteiger partial charge in [0.05, 0.1) is 0 Å². The van der Waals surface area contributed by atoms with E-state index in [-0.39, 0.29) is 0 Å². The van der Waals surface area contributed by atoms with Gasteiger partial charge in [-0.2, -0.15) is 0 Å². The van der Waals surface area contributed by atoms with Gasteiger partial charge in [-0.1, -0.05) is 61.2 Å². The van der Waals surface area contributed by atoms with Gasteiger partial charge in [0.25, 0.3) is 0 Å². The van der Waals surface area contributed by atoms with Crippen molar-refractivity contribution in [2.45, 2.75) is 44.6 Å². The van der Waals surface area contributed by atoms with E-state index in [0.29, 0.717) is 17.9 Å². The summed E-state index contributed by atoms with van der Waals surface area (Å²) < 4.78 is 0. The Kier molecular flexibility index (Phi) is 6.36. The SMILES string of the molecule is Clc1ccc(N(CC2CNCC2Cc2ccccc2)C2CCCCC2)cc1. The maximum absolute atomic E-state index is 6.16. The Labute approximate surface area is 168 Å². The lowest BCUT2D eigenvalue weighted by molar-refractivity contribution is 0.361. The number of rotatable bonds is 6. The lowest BCUT2D eigenvalue weighted by atomic mass is 9.87. The van der Waals surface area contributed by atoms with Crippen LogP contribution in [0.2, 0.25) is 5.02 Å². The molecule has 1 saturated heterocycles. The summed E-state index contributed by atoms with van der Waals surface area (Å²) in [5.74, 6) is 1.41. The van der Waals surface area contributed by atoms with Gasteiger partial charge in [-0.3, -0.25) is 0 Å². The zero-order chi connectivity index (χ0) is 18.5. The molecule has 2 unspecified atom stereocenters. The van der Waals surface area contributed by atoms with E-state index in [4.69, 9.17) is 11.6 Å². The highest BCUT2D eigenvalue weighted by molar-refractivity contribution is 6.30. The zero-order valence-corrected chi connectivity index (χ0v) is 16.9. The second-order valence-corrected chi connectivity index (χ2v) is 8.73. The summed E-state index contributed by atoms with van der Waals surface area (Å²) in [5, 5.41) is 4.49. The lowest BCUT2D eigenvalue weighted by Crippen LogP contribution is -2.42. The molecule has 0 aromatic heterocycles. The van der Waals surface area contributed by atoms with E-state index in [1.54, 1.807) is 0 Å². The number of benzene rings is 2. The van der Waals surface area contributed by atoms with Crippen LogP contribution in [0.5, 0.6) is 0 Å². The quantitative estimate of drug-likeness (QED) is 0.703. The highest BCUT2D eigenvalue weighted by Gasteiger charge is 2.31. The van der Waals surface area contributed by atoms with Crippen LogP contribution < -0.4 is 10.2 Å². The standard InChI is InChI=1S/C24H31ClN2/c25-22-11-13-24(14-12-22)27(23-9-5-2-6-10-23)18-21-17-26-16-20(21)15-19-7-3-1-4-8-19/h1,3-4,7-8,11-14,20-21,23,26H,2,5-6,9-10,15-18H2. The summed E-state index contributed by atoms with van der Waals surface area (Å²) in [6, 6.07) is 20.2. The molecule has 2 aliphatic rings. The molecule has 2 aromatic carbocycles. The fourth-order valence-corrected chi connectivity index (χ4v) is 5.03. The van der Waals surface area contributed by atoms with Crippen molar-refractivity contribution in [1.29, 1.82) is 0 Å². The summed E-state index contributed by atoms with van der Waals surface area (Å²) in [6.07, 6.45) is 7.96. The first-order valence-electron chi connectivity index (χ1n) is 10.6. The molecule has 2 atom stereocenters. The predicted molar refractivity (Wildman–Crippen MR) is 116 cm³/mol. The molecule has 1 N–H and O–H groups in total.